The second kappa shape index (κ2) is 10.0. The number of anilines is 1. The number of carbonyl (C=O) groups excluding carboxylic acids is 1. The Morgan fingerprint density at radius 1 is 1.06 bits per heavy atom. The van der Waals surface area contributed by atoms with Crippen LogP contribution in [0.1, 0.15) is 16.7 Å². The molecule has 0 saturated carbocycles. The largest absolute Gasteiger partial charge is 0.354 e. The minimum atomic E-state index is 0.101. The molecule has 1 saturated heterocycles. The summed E-state index contributed by atoms with van der Waals surface area (Å²) in [5, 5.41) is 4.19. The van der Waals surface area contributed by atoms with E-state index >= 15 is 0 Å². The molecule has 31 heavy (non-hydrogen) atoms. The van der Waals surface area contributed by atoms with Crippen LogP contribution in [0, 0.1) is 20.8 Å². The molecule has 1 aliphatic heterocycles. The monoisotopic (exact) mass is 454 g/mol. The average molecular weight is 455 g/mol. The number of nitrogens with zero attached hydrogens (tertiary/aromatic N) is 3. The number of benzene rings is 2. The fraction of sp³-hybridized carbons (Fsp3) is 0.417. The normalized spacial score (nSPS) is 14.9. The van der Waals surface area contributed by atoms with Crippen molar-refractivity contribution in [1.29, 1.82) is 0 Å². The number of fused-ring (bicyclic) bond motifs is 1. The van der Waals surface area contributed by atoms with Crippen LogP contribution in [0.15, 0.2) is 41.3 Å². The molecule has 3 aromatic rings. The topological polar surface area (TPSA) is 48.5 Å². The van der Waals surface area contributed by atoms with E-state index in [0.29, 0.717) is 12.3 Å². The van der Waals surface area contributed by atoms with Gasteiger partial charge in [-0.3, -0.25) is 9.69 Å². The van der Waals surface area contributed by atoms with Crippen molar-refractivity contribution in [2.24, 2.45) is 0 Å². The van der Waals surface area contributed by atoms with E-state index in [9.17, 15) is 4.79 Å². The van der Waals surface area contributed by atoms with Crippen LogP contribution in [0.3, 0.4) is 0 Å². The Morgan fingerprint density at radius 2 is 1.81 bits per heavy atom. The third-order valence-electron chi connectivity index (χ3n) is 5.59. The number of carbonyl (C=O) groups is 1. The Hall–Kier alpha value is -2.09. The SMILES string of the molecule is Cc1ccc(SCC(=O)NCCN2CCN(c3nc4cc(C)cc(C)c4s3)CC2)cc1. The Labute approximate surface area is 192 Å². The smallest absolute Gasteiger partial charge is 0.230 e. The maximum atomic E-state index is 12.1. The Morgan fingerprint density at radius 3 is 2.55 bits per heavy atom. The molecule has 0 bridgehead atoms. The van der Waals surface area contributed by atoms with Crippen molar-refractivity contribution in [3.05, 3.63) is 53.1 Å². The van der Waals surface area contributed by atoms with E-state index in [-0.39, 0.29) is 5.91 Å². The number of thiazole rings is 1. The zero-order valence-electron chi connectivity index (χ0n) is 18.5. The lowest BCUT2D eigenvalue weighted by molar-refractivity contribution is -0.118. The second-order valence-electron chi connectivity index (χ2n) is 8.21. The van der Waals surface area contributed by atoms with E-state index in [0.717, 1.165) is 48.3 Å². The van der Waals surface area contributed by atoms with Crippen LogP contribution >= 0.6 is 23.1 Å². The zero-order valence-corrected chi connectivity index (χ0v) is 20.1. The molecule has 0 radical (unpaired) electrons. The first-order valence-corrected chi connectivity index (χ1v) is 12.6. The Kier molecular flexibility index (Phi) is 7.15. The van der Waals surface area contributed by atoms with Gasteiger partial charge in [0.2, 0.25) is 5.91 Å². The van der Waals surface area contributed by atoms with Gasteiger partial charge in [0, 0.05) is 44.2 Å². The van der Waals surface area contributed by atoms with Crippen LogP contribution in [-0.4, -0.2) is 60.8 Å². The summed E-state index contributed by atoms with van der Waals surface area (Å²) >= 11 is 3.39. The van der Waals surface area contributed by atoms with E-state index in [1.54, 1.807) is 23.1 Å². The van der Waals surface area contributed by atoms with E-state index < -0.39 is 0 Å². The number of aryl methyl sites for hydroxylation is 3. The predicted molar refractivity (Wildman–Crippen MR) is 133 cm³/mol. The second-order valence-corrected chi connectivity index (χ2v) is 10.2. The van der Waals surface area contributed by atoms with Gasteiger partial charge < -0.3 is 10.2 Å². The summed E-state index contributed by atoms with van der Waals surface area (Å²) in [4.78, 5) is 23.0. The van der Waals surface area contributed by atoms with Crippen LogP contribution in [-0.2, 0) is 4.79 Å². The number of nitrogens with one attached hydrogen (secondary N) is 1. The maximum Gasteiger partial charge on any atom is 0.230 e. The first kappa shape index (κ1) is 22.1. The molecule has 5 nitrogen and oxygen atoms in total. The summed E-state index contributed by atoms with van der Waals surface area (Å²) in [7, 11) is 0. The highest BCUT2D eigenvalue weighted by molar-refractivity contribution is 8.00. The van der Waals surface area contributed by atoms with Crippen molar-refractivity contribution in [2.75, 3.05) is 49.9 Å². The van der Waals surface area contributed by atoms with Crippen molar-refractivity contribution in [2.45, 2.75) is 25.7 Å². The summed E-state index contributed by atoms with van der Waals surface area (Å²) in [6.07, 6.45) is 0. The lowest BCUT2D eigenvalue weighted by Gasteiger charge is -2.34. The fourth-order valence-corrected chi connectivity index (χ4v) is 5.65. The van der Waals surface area contributed by atoms with Crippen molar-refractivity contribution in [3.8, 4) is 0 Å². The molecule has 1 aromatic heterocycles. The van der Waals surface area contributed by atoms with Gasteiger partial charge >= 0.3 is 0 Å². The van der Waals surface area contributed by atoms with Gasteiger partial charge in [-0.25, -0.2) is 4.98 Å². The minimum absolute atomic E-state index is 0.101. The zero-order chi connectivity index (χ0) is 21.8. The number of aromatic nitrogens is 1. The van der Waals surface area contributed by atoms with Gasteiger partial charge in [-0.1, -0.05) is 35.1 Å². The average Bonchev–Trinajstić information content (AvgIpc) is 3.18. The molecule has 4 rings (SSSR count). The van der Waals surface area contributed by atoms with Gasteiger partial charge in [-0.2, -0.15) is 0 Å². The van der Waals surface area contributed by atoms with Gasteiger partial charge in [0.15, 0.2) is 5.13 Å². The third kappa shape index (κ3) is 5.79. The molecule has 1 aliphatic rings. The van der Waals surface area contributed by atoms with Crippen molar-refractivity contribution in [1.82, 2.24) is 15.2 Å². The van der Waals surface area contributed by atoms with Crippen molar-refractivity contribution < 1.29 is 4.79 Å². The highest BCUT2D eigenvalue weighted by Gasteiger charge is 2.20. The summed E-state index contributed by atoms with van der Waals surface area (Å²) in [6.45, 7) is 11.9. The lowest BCUT2D eigenvalue weighted by Crippen LogP contribution is -2.48. The Balaban J connectivity index is 1.18. The number of amides is 1. The van der Waals surface area contributed by atoms with Gasteiger partial charge in [-0.15, -0.1) is 11.8 Å². The summed E-state index contributed by atoms with van der Waals surface area (Å²) < 4.78 is 1.30. The number of piperazine rings is 1. The van der Waals surface area contributed by atoms with Gasteiger partial charge in [0.1, 0.15) is 0 Å². The summed E-state index contributed by atoms with van der Waals surface area (Å²) in [5.41, 5.74) is 4.94. The highest BCUT2D eigenvalue weighted by atomic mass is 32.2. The summed E-state index contributed by atoms with van der Waals surface area (Å²) in [6, 6.07) is 12.7. The molecular weight excluding hydrogens is 424 g/mol. The maximum absolute atomic E-state index is 12.1. The van der Waals surface area contributed by atoms with E-state index in [2.05, 4.69) is 72.3 Å². The number of thioether (sulfide) groups is 1. The van der Waals surface area contributed by atoms with Crippen LogP contribution in [0.2, 0.25) is 0 Å². The molecule has 0 aliphatic carbocycles. The minimum Gasteiger partial charge on any atom is -0.354 e. The lowest BCUT2D eigenvalue weighted by atomic mass is 10.1. The molecule has 1 fully saturated rings. The molecule has 7 heteroatoms. The van der Waals surface area contributed by atoms with Crippen LogP contribution in [0.5, 0.6) is 0 Å². The van der Waals surface area contributed by atoms with Crippen LogP contribution in [0.25, 0.3) is 10.2 Å². The quantitative estimate of drug-likeness (QED) is 0.541. The fourth-order valence-electron chi connectivity index (χ4n) is 3.85. The third-order valence-corrected chi connectivity index (χ3v) is 7.87. The van der Waals surface area contributed by atoms with Crippen molar-refractivity contribution >= 4 is 44.4 Å². The molecule has 164 valence electrons. The first-order chi connectivity index (χ1) is 15.0. The highest BCUT2D eigenvalue weighted by Crippen LogP contribution is 2.32. The molecule has 0 atom stereocenters. The van der Waals surface area contributed by atoms with Crippen LogP contribution in [0.4, 0.5) is 5.13 Å². The number of hydrogen-bond donors (Lipinski definition) is 1. The number of rotatable bonds is 7. The molecule has 2 aromatic carbocycles. The molecule has 1 N–H and O–H groups in total. The number of hydrogen-bond acceptors (Lipinski definition) is 6. The molecular formula is C24H30N4OS2. The Bertz CT molecular complexity index is 1040. The molecule has 0 spiro atoms. The van der Waals surface area contributed by atoms with E-state index in [1.165, 1.54) is 21.4 Å². The molecule has 1 amide bonds. The predicted octanol–water partition coefficient (Wildman–Crippen LogP) is 4.25. The van der Waals surface area contributed by atoms with Gasteiger partial charge in [0.05, 0.1) is 16.0 Å². The van der Waals surface area contributed by atoms with E-state index in [1.807, 2.05) is 0 Å². The van der Waals surface area contributed by atoms with Crippen molar-refractivity contribution in [3.63, 3.8) is 0 Å². The van der Waals surface area contributed by atoms with Gasteiger partial charge in [-0.05, 0) is 50.1 Å². The van der Waals surface area contributed by atoms with E-state index in [4.69, 9.17) is 4.98 Å². The molecule has 0 unspecified atom stereocenters. The first-order valence-electron chi connectivity index (χ1n) is 10.8. The van der Waals surface area contributed by atoms with Crippen LogP contribution < -0.4 is 10.2 Å². The standard InChI is InChI=1S/C24H30N4OS2/c1-17-4-6-20(7-5-17)30-16-22(29)25-8-9-27-10-12-28(13-11-27)24-26-21-15-18(2)14-19(3)23(21)31-24/h4-7,14-15H,8-13,16H2,1-3H3,(H,25,29). The molecule has 2 heterocycles. The van der Waals surface area contributed by atoms with Gasteiger partial charge in [0.25, 0.3) is 0 Å². The summed E-state index contributed by atoms with van der Waals surface area (Å²) in [5.74, 6) is 0.567.